The summed E-state index contributed by atoms with van der Waals surface area (Å²) in [6.07, 6.45) is 2.35. The highest BCUT2D eigenvalue weighted by Gasteiger charge is 2.72. The van der Waals surface area contributed by atoms with Crippen molar-refractivity contribution in [2.75, 3.05) is 0 Å². The van der Waals surface area contributed by atoms with Crippen molar-refractivity contribution in [1.29, 1.82) is 0 Å². The van der Waals surface area contributed by atoms with Crippen molar-refractivity contribution in [3.8, 4) is 11.3 Å². The first-order valence-electron chi connectivity index (χ1n) is 7.57. The lowest BCUT2D eigenvalue weighted by Crippen LogP contribution is -2.17. The number of hydrogen-bond donors (Lipinski definition) is 1. The van der Waals surface area contributed by atoms with Crippen molar-refractivity contribution < 1.29 is 14.4 Å². The van der Waals surface area contributed by atoms with E-state index in [-0.39, 0.29) is 11.8 Å². The second kappa shape index (κ2) is 4.59. The number of aromatic nitrogens is 1. The first-order valence-corrected chi connectivity index (χ1v) is 7.95. The molecule has 5 heteroatoms. The lowest BCUT2D eigenvalue weighted by atomic mass is 9.94. The lowest BCUT2D eigenvalue weighted by Gasteiger charge is -2.08. The third-order valence-electron chi connectivity index (χ3n) is 5.42. The summed E-state index contributed by atoms with van der Waals surface area (Å²) < 4.78 is 5.59. The Morgan fingerprint density at radius 2 is 2.18 bits per heavy atom. The molecule has 1 N–H and O–H groups in total. The number of carboxylic acids is 1. The van der Waals surface area contributed by atoms with Crippen LogP contribution in [0.25, 0.3) is 11.3 Å². The molecule has 1 fully saturated rings. The highest BCUT2D eigenvalue weighted by Crippen LogP contribution is 2.71. The van der Waals surface area contributed by atoms with Gasteiger partial charge < -0.3 is 9.63 Å². The van der Waals surface area contributed by atoms with Gasteiger partial charge >= 0.3 is 5.97 Å². The van der Waals surface area contributed by atoms with Crippen LogP contribution in [-0.4, -0.2) is 16.2 Å². The molecule has 4 rings (SSSR count). The Labute approximate surface area is 133 Å². The van der Waals surface area contributed by atoms with Gasteiger partial charge in [0.05, 0.1) is 5.41 Å². The summed E-state index contributed by atoms with van der Waals surface area (Å²) in [6, 6.07) is 7.50. The molecule has 2 aliphatic carbocycles. The van der Waals surface area contributed by atoms with E-state index in [2.05, 4.69) is 5.16 Å². The molecule has 0 unspecified atom stereocenters. The first kappa shape index (κ1) is 13.8. The minimum absolute atomic E-state index is 0.0210. The van der Waals surface area contributed by atoms with Gasteiger partial charge in [-0.15, -0.1) is 0 Å². The molecule has 0 aliphatic heterocycles. The van der Waals surface area contributed by atoms with E-state index in [4.69, 9.17) is 16.1 Å². The van der Waals surface area contributed by atoms with E-state index >= 15 is 0 Å². The fraction of sp³-hybridized carbons (Fsp3) is 0.412. The molecule has 2 aromatic rings. The molecule has 0 amide bonds. The van der Waals surface area contributed by atoms with Gasteiger partial charge in [-0.1, -0.05) is 35.8 Å². The Morgan fingerprint density at radius 1 is 1.45 bits per heavy atom. The van der Waals surface area contributed by atoms with E-state index in [1.165, 1.54) is 0 Å². The topological polar surface area (TPSA) is 63.3 Å². The summed E-state index contributed by atoms with van der Waals surface area (Å²) in [5.74, 6) is 0.244. The molecular weight excluding hydrogens is 302 g/mol. The smallest absolute Gasteiger partial charge is 0.310 e. The Kier molecular flexibility index (Phi) is 2.89. The van der Waals surface area contributed by atoms with E-state index in [1.807, 2.05) is 31.2 Å². The minimum Gasteiger partial charge on any atom is -0.481 e. The first-order chi connectivity index (χ1) is 10.6. The van der Waals surface area contributed by atoms with Gasteiger partial charge in [-0.25, -0.2) is 0 Å². The van der Waals surface area contributed by atoms with E-state index in [1.54, 1.807) is 0 Å². The van der Waals surface area contributed by atoms with Gasteiger partial charge in [-0.2, -0.15) is 0 Å². The average molecular weight is 318 g/mol. The molecule has 2 aliphatic rings. The molecule has 22 heavy (non-hydrogen) atoms. The standard InChI is InChI=1S/C17H16ClNO3/c1-2-17(16(20)21)12-8-7-11-14(19-22-15(11)13(12)17)9-3-5-10(18)6-4-9/h3-6,12-13H,2,7-8H2,1H3,(H,20,21)/t12-,13-,17-/m1/s1. The lowest BCUT2D eigenvalue weighted by molar-refractivity contribution is -0.144. The molecule has 1 aromatic carbocycles. The van der Waals surface area contributed by atoms with Crippen molar-refractivity contribution in [3.63, 3.8) is 0 Å². The molecule has 0 radical (unpaired) electrons. The summed E-state index contributed by atoms with van der Waals surface area (Å²) in [4.78, 5) is 11.7. The van der Waals surface area contributed by atoms with E-state index < -0.39 is 11.4 Å². The maximum Gasteiger partial charge on any atom is 0.310 e. The Hall–Kier alpha value is -1.81. The van der Waals surface area contributed by atoms with Crippen LogP contribution in [0.2, 0.25) is 5.02 Å². The third kappa shape index (κ3) is 1.64. The van der Waals surface area contributed by atoms with Crippen LogP contribution in [0.5, 0.6) is 0 Å². The van der Waals surface area contributed by atoms with E-state index in [0.717, 1.165) is 35.4 Å². The van der Waals surface area contributed by atoms with Crippen LogP contribution < -0.4 is 0 Å². The predicted octanol–water partition coefficient (Wildman–Crippen LogP) is 4.14. The summed E-state index contributed by atoms with van der Waals surface area (Å²) >= 11 is 5.93. The largest absolute Gasteiger partial charge is 0.481 e. The van der Waals surface area contributed by atoms with Gasteiger partial charge in [0.1, 0.15) is 11.5 Å². The number of carbonyl (C=O) groups is 1. The van der Waals surface area contributed by atoms with Gasteiger partial charge in [-0.3, -0.25) is 4.79 Å². The number of halogens is 1. The zero-order valence-electron chi connectivity index (χ0n) is 12.2. The third-order valence-corrected chi connectivity index (χ3v) is 5.67. The van der Waals surface area contributed by atoms with Crippen LogP contribution in [0.4, 0.5) is 0 Å². The van der Waals surface area contributed by atoms with Crippen LogP contribution >= 0.6 is 11.6 Å². The summed E-state index contributed by atoms with van der Waals surface area (Å²) in [5, 5.41) is 14.5. The van der Waals surface area contributed by atoms with Crippen molar-refractivity contribution in [2.24, 2.45) is 11.3 Å². The van der Waals surface area contributed by atoms with Gasteiger partial charge in [0.25, 0.3) is 0 Å². The average Bonchev–Trinajstić information content (AvgIpc) is 3.01. The van der Waals surface area contributed by atoms with Crippen LogP contribution in [-0.2, 0) is 11.2 Å². The molecular formula is C17H16ClNO3. The molecule has 114 valence electrons. The molecule has 4 nitrogen and oxygen atoms in total. The minimum atomic E-state index is -0.706. The van der Waals surface area contributed by atoms with Crippen LogP contribution in [0.3, 0.4) is 0 Å². The Bertz CT molecular complexity index is 752. The maximum absolute atomic E-state index is 11.7. The quantitative estimate of drug-likeness (QED) is 0.924. The van der Waals surface area contributed by atoms with Gasteiger partial charge in [0.2, 0.25) is 0 Å². The molecule has 0 saturated heterocycles. The molecule has 3 atom stereocenters. The Morgan fingerprint density at radius 3 is 2.82 bits per heavy atom. The van der Waals surface area contributed by atoms with Gasteiger partial charge in [-0.05, 0) is 37.3 Å². The number of nitrogens with zero attached hydrogens (tertiary/aromatic N) is 1. The van der Waals surface area contributed by atoms with Gasteiger partial charge in [0.15, 0.2) is 0 Å². The zero-order chi connectivity index (χ0) is 15.5. The van der Waals surface area contributed by atoms with Crippen molar-refractivity contribution >= 4 is 17.6 Å². The zero-order valence-corrected chi connectivity index (χ0v) is 12.9. The molecule has 1 heterocycles. The monoisotopic (exact) mass is 317 g/mol. The number of fused-ring (bicyclic) bond motifs is 3. The van der Waals surface area contributed by atoms with Gasteiger partial charge in [0, 0.05) is 22.1 Å². The molecule has 1 saturated carbocycles. The molecule has 0 spiro atoms. The fourth-order valence-corrected chi connectivity index (χ4v) is 4.35. The predicted molar refractivity (Wildman–Crippen MR) is 81.9 cm³/mol. The highest BCUT2D eigenvalue weighted by molar-refractivity contribution is 6.30. The normalized spacial score (nSPS) is 28.8. The number of rotatable bonds is 3. The summed E-state index contributed by atoms with van der Waals surface area (Å²) in [6.45, 7) is 1.95. The van der Waals surface area contributed by atoms with Crippen molar-refractivity contribution in [3.05, 3.63) is 40.6 Å². The fourth-order valence-electron chi connectivity index (χ4n) is 4.23. The van der Waals surface area contributed by atoms with Crippen LogP contribution in [0, 0.1) is 11.3 Å². The molecule has 1 aromatic heterocycles. The number of carboxylic acid groups (broad SMARTS) is 1. The maximum atomic E-state index is 11.7. The van der Waals surface area contributed by atoms with Crippen LogP contribution in [0.1, 0.15) is 37.0 Å². The second-order valence-corrected chi connectivity index (χ2v) is 6.64. The summed E-state index contributed by atoms with van der Waals surface area (Å²) in [7, 11) is 0. The SMILES string of the molecule is CC[C@@]1(C(=O)O)[C@@H]2CCc3c(-c4ccc(Cl)cc4)noc3[C@@H]21. The second-order valence-electron chi connectivity index (χ2n) is 6.20. The number of aliphatic carboxylic acids is 1. The number of hydrogen-bond acceptors (Lipinski definition) is 3. The number of benzene rings is 1. The Balaban J connectivity index is 1.77. The highest BCUT2D eigenvalue weighted by atomic mass is 35.5. The van der Waals surface area contributed by atoms with E-state index in [9.17, 15) is 9.90 Å². The van der Waals surface area contributed by atoms with Crippen molar-refractivity contribution in [1.82, 2.24) is 5.16 Å². The van der Waals surface area contributed by atoms with E-state index in [0.29, 0.717) is 11.4 Å². The van der Waals surface area contributed by atoms with Crippen molar-refractivity contribution in [2.45, 2.75) is 32.1 Å². The molecule has 0 bridgehead atoms. The van der Waals surface area contributed by atoms with Crippen LogP contribution in [0.15, 0.2) is 28.8 Å². The summed E-state index contributed by atoms with van der Waals surface area (Å²) in [5.41, 5.74) is 2.21.